The third-order valence-electron chi connectivity index (χ3n) is 3.98. The Kier molecular flexibility index (Phi) is 5.69. The predicted octanol–water partition coefficient (Wildman–Crippen LogP) is 3.85. The molecule has 7 heteroatoms. The average Bonchev–Trinajstić information content (AvgIpc) is 2.66. The fourth-order valence-electron chi connectivity index (χ4n) is 2.59. The maximum absolute atomic E-state index is 12.5. The lowest BCUT2D eigenvalue weighted by Gasteiger charge is -2.18. The molecule has 2 aromatic carbocycles. The van der Waals surface area contributed by atoms with Gasteiger partial charge in [-0.15, -0.1) is 0 Å². The molecule has 142 valence electrons. The normalized spacial score (nSPS) is 13.6. The third kappa shape index (κ3) is 5.26. The molecule has 0 bridgehead atoms. The van der Waals surface area contributed by atoms with E-state index in [1.807, 2.05) is 18.2 Å². The number of benzene rings is 2. The van der Waals surface area contributed by atoms with Gasteiger partial charge in [0.25, 0.3) is 0 Å². The number of amides is 1. The molecule has 1 aliphatic heterocycles. The third-order valence-corrected chi connectivity index (χ3v) is 3.98. The van der Waals surface area contributed by atoms with E-state index in [4.69, 9.17) is 9.47 Å². The van der Waals surface area contributed by atoms with E-state index < -0.39 is 11.7 Å². The van der Waals surface area contributed by atoms with Crippen LogP contribution in [0.2, 0.25) is 0 Å². The molecule has 0 unspecified atom stereocenters. The molecule has 0 fully saturated rings. The van der Waals surface area contributed by atoms with Crippen molar-refractivity contribution in [1.82, 2.24) is 5.32 Å². The predicted molar refractivity (Wildman–Crippen MR) is 94.6 cm³/mol. The van der Waals surface area contributed by atoms with Crippen LogP contribution in [-0.2, 0) is 17.4 Å². The maximum atomic E-state index is 12.5. The first kappa shape index (κ1) is 18.8. The molecule has 0 saturated heterocycles. The van der Waals surface area contributed by atoms with Gasteiger partial charge in [0.1, 0.15) is 13.2 Å². The van der Waals surface area contributed by atoms with Crippen molar-refractivity contribution in [3.63, 3.8) is 0 Å². The van der Waals surface area contributed by atoms with E-state index in [0.29, 0.717) is 43.2 Å². The van der Waals surface area contributed by atoms with Gasteiger partial charge < -0.3 is 14.8 Å². The van der Waals surface area contributed by atoms with Gasteiger partial charge in [-0.3, -0.25) is 4.79 Å². The lowest BCUT2D eigenvalue weighted by molar-refractivity contribution is -0.137. The van der Waals surface area contributed by atoms with Gasteiger partial charge in [-0.25, -0.2) is 0 Å². The molecule has 0 aromatic heterocycles. The van der Waals surface area contributed by atoms with E-state index in [2.05, 4.69) is 5.32 Å². The molecule has 2 aromatic rings. The summed E-state index contributed by atoms with van der Waals surface area (Å²) in [6.07, 6.45) is -0.976. The minimum Gasteiger partial charge on any atom is -0.486 e. The van der Waals surface area contributed by atoms with Crippen molar-refractivity contribution in [2.45, 2.75) is 12.6 Å². The maximum Gasteiger partial charge on any atom is 0.416 e. The highest BCUT2D eigenvalue weighted by Gasteiger charge is 2.29. The van der Waals surface area contributed by atoms with E-state index in [1.165, 1.54) is 24.3 Å². The summed E-state index contributed by atoms with van der Waals surface area (Å²) in [4.78, 5) is 11.8. The molecule has 0 radical (unpaired) electrons. The molecular weight excluding hydrogens is 359 g/mol. The Morgan fingerprint density at radius 3 is 2.44 bits per heavy atom. The number of hydrogen-bond acceptors (Lipinski definition) is 3. The van der Waals surface area contributed by atoms with E-state index in [9.17, 15) is 18.0 Å². The van der Waals surface area contributed by atoms with E-state index in [1.54, 1.807) is 0 Å². The molecule has 0 atom stereocenters. The van der Waals surface area contributed by atoms with E-state index >= 15 is 0 Å². The standard InChI is InChI=1S/C20H18F3NO3/c21-20(22,23)16-5-1-14(2-6-16)4-8-19(25)24-10-9-15-3-7-17-18(13-15)27-12-11-26-17/h1-8,13H,9-12H2,(H,24,25)/b8-4+. The van der Waals surface area contributed by atoms with Crippen LogP contribution in [0.4, 0.5) is 13.2 Å². The highest BCUT2D eigenvalue weighted by atomic mass is 19.4. The van der Waals surface area contributed by atoms with Gasteiger partial charge in [-0.1, -0.05) is 18.2 Å². The van der Waals surface area contributed by atoms with Crippen molar-refractivity contribution in [3.8, 4) is 11.5 Å². The van der Waals surface area contributed by atoms with Crippen LogP contribution in [0.15, 0.2) is 48.5 Å². The van der Waals surface area contributed by atoms with Crippen LogP contribution in [0, 0.1) is 0 Å². The van der Waals surface area contributed by atoms with Gasteiger partial charge in [-0.2, -0.15) is 13.2 Å². The zero-order valence-electron chi connectivity index (χ0n) is 14.4. The topological polar surface area (TPSA) is 47.6 Å². The quantitative estimate of drug-likeness (QED) is 0.806. The summed E-state index contributed by atoms with van der Waals surface area (Å²) in [5.74, 6) is 1.10. The molecule has 1 aliphatic rings. The van der Waals surface area contributed by atoms with Gasteiger partial charge in [0, 0.05) is 12.6 Å². The summed E-state index contributed by atoms with van der Waals surface area (Å²) in [6, 6.07) is 10.3. The van der Waals surface area contributed by atoms with Crippen molar-refractivity contribution in [2.75, 3.05) is 19.8 Å². The Morgan fingerprint density at radius 2 is 1.74 bits per heavy atom. The number of nitrogens with one attached hydrogen (secondary N) is 1. The summed E-state index contributed by atoms with van der Waals surface area (Å²) in [6.45, 7) is 1.48. The van der Waals surface area contributed by atoms with Crippen LogP contribution in [0.25, 0.3) is 6.08 Å². The average molecular weight is 377 g/mol. The van der Waals surface area contributed by atoms with Crippen molar-refractivity contribution in [1.29, 1.82) is 0 Å². The van der Waals surface area contributed by atoms with Gasteiger partial charge >= 0.3 is 6.18 Å². The van der Waals surface area contributed by atoms with Gasteiger partial charge in [0.05, 0.1) is 5.56 Å². The molecule has 0 aliphatic carbocycles. The van der Waals surface area contributed by atoms with Crippen LogP contribution in [-0.4, -0.2) is 25.7 Å². The number of carbonyl (C=O) groups excluding carboxylic acids is 1. The largest absolute Gasteiger partial charge is 0.486 e. The number of hydrogen-bond donors (Lipinski definition) is 1. The first-order chi connectivity index (χ1) is 12.9. The highest BCUT2D eigenvalue weighted by molar-refractivity contribution is 5.91. The first-order valence-corrected chi connectivity index (χ1v) is 8.43. The molecule has 1 amide bonds. The fraction of sp³-hybridized carbons (Fsp3) is 0.250. The Hall–Kier alpha value is -2.96. The van der Waals surface area contributed by atoms with Gasteiger partial charge in [0.15, 0.2) is 11.5 Å². The Balaban J connectivity index is 1.47. The fourth-order valence-corrected chi connectivity index (χ4v) is 2.59. The Bertz CT molecular complexity index is 829. The Labute approximate surface area is 154 Å². The number of halogens is 3. The molecule has 1 N–H and O–H groups in total. The number of carbonyl (C=O) groups is 1. The van der Waals surface area contributed by atoms with Gasteiger partial charge in [-0.05, 0) is 47.9 Å². The second kappa shape index (κ2) is 8.16. The second-order valence-corrected chi connectivity index (χ2v) is 5.97. The second-order valence-electron chi connectivity index (χ2n) is 5.97. The zero-order valence-corrected chi connectivity index (χ0v) is 14.4. The lowest BCUT2D eigenvalue weighted by atomic mass is 10.1. The van der Waals surface area contributed by atoms with Crippen LogP contribution in [0.5, 0.6) is 11.5 Å². The molecule has 1 heterocycles. The van der Waals surface area contributed by atoms with Crippen LogP contribution in [0.1, 0.15) is 16.7 Å². The van der Waals surface area contributed by atoms with Gasteiger partial charge in [0.2, 0.25) is 5.91 Å². The summed E-state index contributed by atoms with van der Waals surface area (Å²) < 4.78 is 48.5. The minimum absolute atomic E-state index is 0.313. The molecule has 0 spiro atoms. The van der Waals surface area contributed by atoms with Crippen molar-refractivity contribution >= 4 is 12.0 Å². The minimum atomic E-state index is -4.37. The van der Waals surface area contributed by atoms with E-state index in [0.717, 1.165) is 17.7 Å². The summed E-state index contributed by atoms with van der Waals surface area (Å²) >= 11 is 0. The Morgan fingerprint density at radius 1 is 1.04 bits per heavy atom. The monoisotopic (exact) mass is 377 g/mol. The highest BCUT2D eigenvalue weighted by Crippen LogP contribution is 2.31. The van der Waals surface area contributed by atoms with Crippen LogP contribution < -0.4 is 14.8 Å². The SMILES string of the molecule is O=C(/C=C/c1ccc(C(F)(F)F)cc1)NCCc1ccc2c(c1)OCCO2. The number of alkyl halides is 3. The lowest BCUT2D eigenvalue weighted by Crippen LogP contribution is -2.23. The summed E-state index contributed by atoms with van der Waals surface area (Å²) in [7, 11) is 0. The smallest absolute Gasteiger partial charge is 0.416 e. The summed E-state index contributed by atoms with van der Waals surface area (Å²) in [5, 5.41) is 2.74. The van der Waals surface area contributed by atoms with Crippen LogP contribution in [0.3, 0.4) is 0 Å². The molecule has 4 nitrogen and oxygen atoms in total. The molecular formula is C20H18F3NO3. The summed E-state index contributed by atoms with van der Waals surface area (Å²) in [5.41, 5.74) is 0.805. The zero-order chi connectivity index (χ0) is 19.3. The molecule has 27 heavy (non-hydrogen) atoms. The van der Waals surface area contributed by atoms with E-state index in [-0.39, 0.29) is 5.91 Å². The van der Waals surface area contributed by atoms with Crippen molar-refractivity contribution in [2.24, 2.45) is 0 Å². The molecule has 0 saturated carbocycles. The number of ether oxygens (including phenoxy) is 2. The first-order valence-electron chi connectivity index (χ1n) is 8.43. The molecule has 3 rings (SSSR count). The number of rotatable bonds is 5. The van der Waals surface area contributed by atoms with Crippen molar-refractivity contribution < 1.29 is 27.4 Å². The number of fused-ring (bicyclic) bond motifs is 1. The van der Waals surface area contributed by atoms with Crippen molar-refractivity contribution in [3.05, 3.63) is 65.2 Å². The van der Waals surface area contributed by atoms with Crippen LogP contribution >= 0.6 is 0 Å².